The van der Waals surface area contributed by atoms with Crippen LogP contribution >= 0.6 is 0 Å². The van der Waals surface area contributed by atoms with Crippen LogP contribution in [-0.2, 0) is 13.0 Å². The van der Waals surface area contributed by atoms with Crippen LogP contribution in [0.4, 0.5) is 8.78 Å². The molecule has 2 atom stereocenters. The fourth-order valence-electron chi connectivity index (χ4n) is 3.26. The van der Waals surface area contributed by atoms with Gasteiger partial charge < -0.3 is 10.4 Å². The second-order valence-electron chi connectivity index (χ2n) is 6.25. The number of aliphatic hydroxyl groups excluding tert-OH is 1. The Hall–Kier alpha value is -2.28. The average Bonchev–Trinajstić information content (AvgIpc) is 3.03. The van der Waals surface area contributed by atoms with Gasteiger partial charge in [-0.3, -0.25) is 9.48 Å². The number of carbonyl (C=O) groups is 1. The smallest absolute Gasteiger partial charge is 0.255 e. The summed E-state index contributed by atoms with van der Waals surface area (Å²) in [5.74, 6) is -2.04. The summed E-state index contributed by atoms with van der Waals surface area (Å²) in [6.07, 6.45) is 3.15. The highest BCUT2D eigenvalue weighted by Crippen LogP contribution is 2.25. The third-order valence-corrected chi connectivity index (χ3v) is 4.66. The van der Waals surface area contributed by atoms with Crippen LogP contribution < -0.4 is 5.32 Å². The van der Waals surface area contributed by atoms with E-state index in [2.05, 4.69) is 10.4 Å². The Labute approximate surface area is 144 Å². The Morgan fingerprint density at radius 2 is 2.08 bits per heavy atom. The molecule has 25 heavy (non-hydrogen) atoms. The summed E-state index contributed by atoms with van der Waals surface area (Å²) < 4.78 is 29.6. The number of nitrogens with zero attached hydrogens (tertiary/aromatic N) is 2. The van der Waals surface area contributed by atoms with Gasteiger partial charge in [-0.1, -0.05) is 13.0 Å². The molecule has 0 fully saturated rings. The molecule has 0 radical (unpaired) electrons. The first kappa shape index (κ1) is 17.5. The Bertz CT molecular complexity index is 755. The van der Waals surface area contributed by atoms with Gasteiger partial charge in [0.15, 0.2) is 0 Å². The molecular formula is C18H21F2N3O2. The lowest BCUT2D eigenvalue weighted by Gasteiger charge is -2.24. The van der Waals surface area contributed by atoms with Crippen LogP contribution in [-0.4, -0.2) is 26.8 Å². The molecule has 1 aromatic carbocycles. The quantitative estimate of drug-likeness (QED) is 0.872. The Morgan fingerprint density at radius 1 is 1.36 bits per heavy atom. The number of hydrogen-bond acceptors (Lipinski definition) is 3. The number of amides is 1. The minimum atomic E-state index is -1.47. The van der Waals surface area contributed by atoms with Gasteiger partial charge >= 0.3 is 0 Å². The van der Waals surface area contributed by atoms with Gasteiger partial charge in [-0.2, -0.15) is 5.10 Å². The molecule has 134 valence electrons. The van der Waals surface area contributed by atoms with Crippen molar-refractivity contribution >= 4 is 5.91 Å². The van der Waals surface area contributed by atoms with Crippen molar-refractivity contribution in [3.05, 3.63) is 52.9 Å². The number of carbonyl (C=O) groups excluding carboxylic acids is 1. The normalized spacial score (nSPS) is 16.2. The maximum Gasteiger partial charge on any atom is 0.255 e. The molecular weight excluding hydrogens is 328 g/mol. The number of halogens is 2. The molecule has 0 saturated heterocycles. The molecule has 0 unspecified atom stereocenters. The highest BCUT2D eigenvalue weighted by Gasteiger charge is 2.28. The van der Waals surface area contributed by atoms with Crippen molar-refractivity contribution in [2.75, 3.05) is 0 Å². The lowest BCUT2D eigenvalue weighted by molar-refractivity contribution is 0.0809. The number of aliphatic hydroxyl groups is 1. The van der Waals surface area contributed by atoms with E-state index in [1.807, 2.05) is 4.68 Å². The summed E-state index contributed by atoms with van der Waals surface area (Å²) in [4.78, 5) is 12.6. The standard InChI is InChI=1S/C18H21F2N3O2/c1-2-14(17(24)16-12(19)6-5-7-13(16)20)22-18(25)11-10-21-23-9-4-3-8-15(11)23/h5-7,10,14,17,24H,2-4,8-9H2,1H3,(H,22,25)/t14-,17+/m1/s1. The highest BCUT2D eigenvalue weighted by molar-refractivity contribution is 5.95. The van der Waals surface area contributed by atoms with Crippen LogP contribution in [0.25, 0.3) is 0 Å². The number of benzene rings is 1. The van der Waals surface area contributed by atoms with Crippen LogP contribution in [0.3, 0.4) is 0 Å². The number of aryl methyl sites for hydroxylation is 1. The maximum absolute atomic E-state index is 13.9. The molecule has 2 N–H and O–H groups in total. The predicted molar refractivity (Wildman–Crippen MR) is 88.0 cm³/mol. The molecule has 0 bridgehead atoms. The van der Waals surface area contributed by atoms with Crippen LogP contribution in [0.1, 0.15) is 53.9 Å². The molecule has 1 amide bonds. The van der Waals surface area contributed by atoms with Gasteiger partial charge in [-0.05, 0) is 37.8 Å². The summed E-state index contributed by atoms with van der Waals surface area (Å²) in [5.41, 5.74) is 0.899. The van der Waals surface area contributed by atoms with E-state index >= 15 is 0 Å². The summed E-state index contributed by atoms with van der Waals surface area (Å²) in [5, 5.41) is 17.3. The molecule has 7 heteroatoms. The van der Waals surface area contributed by atoms with Crippen molar-refractivity contribution < 1.29 is 18.7 Å². The molecule has 0 aliphatic carbocycles. The summed E-state index contributed by atoms with van der Waals surface area (Å²) in [6.45, 7) is 2.52. The van der Waals surface area contributed by atoms with E-state index in [0.29, 0.717) is 12.0 Å². The average molecular weight is 349 g/mol. The van der Waals surface area contributed by atoms with Crippen molar-refractivity contribution in [3.63, 3.8) is 0 Å². The van der Waals surface area contributed by atoms with Crippen molar-refractivity contribution in [1.82, 2.24) is 15.1 Å². The molecule has 1 aliphatic heterocycles. The number of nitrogens with one attached hydrogen (secondary N) is 1. The van der Waals surface area contributed by atoms with E-state index in [1.165, 1.54) is 12.3 Å². The highest BCUT2D eigenvalue weighted by atomic mass is 19.1. The molecule has 1 aromatic heterocycles. The molecule has 3 rings (SSSR count). The first-order chi connectivity index (χ1) is 12.0. The predicted octanol–water partition coefficient (Wildman–Crippen LogP) is 2.74. The molecule has 0 saturated carbocycles. The third-order valence-electron chi connectivity index (χ3n) is 4.66. The number of fused-ring (bicyclic) bond motifs is 1. The summed E-state index contributed by atoms with van der Waals surface area (Å²) in [6, 6.07) is 2.60. The molecule has 1 aliphatic rings. The number of hydrogen-bond donors (Lipinski definition) is 2. The van der Waals surface area contributed by atoms with Gasteiger partial charge in [-0.25, -0.2) is 8.78 Å². The first-order valence-electron chi connectivity index (χ1n) is 8.50. The van der Waals surface area contributed by atoms with Crippen LogP contribution in [0.2, 0.25) is 0 Å². The molecule has 2 heterocycles. The number of aromatic nitrogens is 2. The first-order valence-corrected chi connectivity index (χ1v) is 8.50. The fourth-order valence-corrected chi connectivity index (χ4v) is 3.26. The van der Waals surface area contributed by atoms with Gasteiger partial charge in [0, 0.05) is 6.54 Å². The van der Waals surface area contributed by atoms with E-state index in [0.717, 1.165) is 43.6 Å². The van der Waals surface area contributed by atoms with Gasteiger partial charge in [0.2, 0.25) is 0 Å². The molecule has 0 spiro atoms. The third kappa shape index (κ3) is 3.42. The maximum atomic E-state index is 13.9. The second-order valence-corrected chi connectivity index (χ2v) is 6.25. The van der Waals surface area contributed by atoms with Crippen LogP contribution in [0.5, 0.6) is 0 Å². The van der Waals surface area contributed by atoms with E-state index < -0.39 is 29.3 Å². The molecule has 2 aromatic rings. The largest absolute Gasteiger partial charge is 0.386 e. The zero-order valence-corrected chi connectivity index (χ0v) is 14.0. The van der Waals surface area contributed by atoms with E-state index in [1.54, 1.807) is 6.92 Å². The van der Waals surface area contributed by atoms with E-state index in [-0.39, 0.29) is 5.91 Å². The Kier molecular flexibility index (Phi) is 5.13. The SMILES string of the molecule is CC[C@@H](NC(=O)c1cnn2c1CCCC2)[C@H](O)c1c(F)cccc1F. The van der Waals surface area contributed by atoms with Crippen LogP contribution in [0, 0.1) is 11.6 Å². The van der Waals surface area contributed by atoms with Crippen molar-refractivity contribution in [3.8, 4) is 0 Å². The Morgan fingerprint density at radius 3 is 2.76 bits per heavy atom. The van der Waals surface area contributed by atoms with Crippen molar-refractivity contribution in [2.45, 2.75) is 51.3 Å². The van der Waals surface area contributed by atoms with Gasteiger partial charge in [0.1, 0.15) is 17.7 Å². The van der Waals surface area contributed by atoms with Gasteiger partial charge in [-0.15, -0.1) is 0 Å². The van der Waals surface area contributed by atoms with Gasteiger partial charge in [0.05, 0.1) is 29.1 Å². The van der Waals surface area contributed by atoms with Crippen molar-refractivity contribution in [1.29, 1.82) is 0 Å². The minimum Gasteiger partial charge on any atom is -0.386 e. The number of rotatable bonds is 5. The fraction of sp³-hybridized carbons (Fsp3) is 0.444. The van der Waals surface area contributed by atoms with Crippen molar-refractivity contribution in [2.24, 2.45) is 0 Å². The topological polar surface area (TPSA) is 67.2 Å². The van der Waals surface area contributed by atoms with E-state index in [9.17, 15) is 18.7 Å². The summed E-state index contributed by atoms with van der Waals surface area (Å²) >= 11 is 0. The second kappa shape index (κ2) is 7.31. The molecule has 5 nitrogen and oxygen atoms in total. The summed E-state index contributed by atoms with van der Waals surface area (Å²) in [7, 11) is 0. The monoisotopic (exact) mass is 349 g/mol. The Balaban J connectivity index is 1.80. The van der Waals surface area contributed by atoms with Crippen LogP contribution in [0.15, 0.2) is 24.4 Å². The lowest BCUT2D eigenvalue weighted by Crippen LogP contribution is -2.39. The van der Waals surface area contributed by atoms with E-state index in [4.69, 9.17) is 0 Å². The van der Waals surface area contributed by atoms with Gasteiger partial charge in [0.25, 0.3) is 5.91 Å². The zero-order chi connectivity index (χ0) is 18.0. The zero-order valence-electron chi connectivity index (χ0n) is 14.0. The minimum absolute atomic E-state index is 0.324. The lowest BCUT2D eigenvalue weighted by atomic mass is 9.98.